The summed E-state index contributed by atoms with van der Waals surface area (Å²) in [7, 11) is 0. The summed E-state index contributed by atoms with van der Waals surface area (Å²) in [6.45, 7) is 1.31. The van der Waals surface area contributed by atoms with Gasteiger partial charge < -0.3 is 4.74 Å². The normalized spacial score (nSPS) is 22.0. The molecular formula is C13H14N2O3. The molecule has 5 nitrogen and oxygen atoms in total. The fourth-order valence-corrected chi connectivity index (χ4v) is 2.07. The number of aromatic amines is 1. The number of H-pyrrole nitrogens is 1. The second kappa shape index (κ2) is 4.78. The average molecular weight is 246 g/mol. The zero-order chi connectivity index (χ0) is 12.4. The van der Waals surface area contributed by atoms with Crippen molar-refractivity contribution in [2.45, 2.75) is 18.9 Å². The van der Waals surface area contributed by atoms with Gasteiger partial charge in [0.05, 0.1) is 13.2 Å². The standard InChI is InChI=1S/C13H14N2O3/c16-13-14-12(15-18-13)11-6-10(11)8-17-7-9-4-2-1-3-5-9/h1-5,10-11H,6-8H2,(H,14,15,16). The van der Waals surface area contributed by atoms with E-state index >= 15 is 0 Å². The molecule has 0 radical (unpaired) electrons. The second-order valence-corrected chi connectivity index (χ2v) is 4.58. The number of hydrogen-bond donors (Lipinski definition) is 1. The first kappa shape index (κ1) is 11.2. The van der Waals surface area contributed by atoms with E-state index in [-0.39, 0.29) is 5.92 Å². The molecule has 0 saturated heterocycles. The molecule has 1 aromatic heterocycles. The first-order chi connectivity index (χ1) is 8.83. The Morgan fingerprint density at radius 2 is 2.22 bits per heavy atom. The van der Waals surface area contributed by atoms with E-state index in [0.717, 1.165) is 6.42 Å². The highest BCUT2D eigenvalue weighted by molar-refractivity contribution is 5.13. The van der Waals surface area contributed by atoms with Crippen molar-refractivity contribution in [3.8, 4) is 0 Å². The van der Waals surface area contributed by atoms with E-state index in [2.05, 4.69) is 14.7 Å². The van der Waals surface area contributed by atoms with Crippen LogP contribution < -0.4 is 5.76 Å². The Labute approximate surface area is 104 Å². The molecule has 2 unspecified atom stereocenters. The van der Waals surface area contributed by atoms with Crippen LogP contribution >= 0.6 is 0 Å². The molecule has 5 heteroatoms. The van der Waals surface area contributed by atoms with Gasteiger partial charge >= 0.3 is 5.76 Å². The first-order valence-electron chi connectivity index (χ1n) is 6.00. The van der Waals surface area contributed by atoms with Crippen LogP contribution in [0.4, 0.5) is 0 Å². The van der Waals surface area contributed by atoms with Crippen molar-refractivity contribution in [3.63, 3.8) is 0 Å². The molecule has 0 aliphatic heterocycles. The number of rotatable bonds is 5. The van der Waals surface area contributed by atoms with Gasteiger partial charge in [-0.25, -0.2) is 4.79 Å². The van der Waals surface area contributed by atoms with Crippen molar-refractivity contribution in [2.24, 2.45) is 5.92 Å². The molecule has 0 bridgehead atoms. The van der Waals surface area contributed by atoms with Crippen molar-refractivity contribution < 1.29 is 9.26 Å². The minimum absolute atomic E-state index is 0.284. The fourth-order valence-electron chi connectivity index (χ4n) is 2.07. The number of nitrogens with one attached hydrogen (secondary N) is 1. The van der Waals surface area contributed by atoms with Crippen LogP contribution in [-0.4, -0.2) is 16.7 Å². The lowest BCUT2D eigenvalue weighted by molar-refractivity contribution is 0.109. The number of ether oxygens (including phenoxy) is 1. The summed E-state index contributed by atoms with van der Waals surface area (Å²) in [6, 6.07) is 10.1. The topological polar surface area (TPSA) is 68.1 Å². The van der Waals surface area contributed by atoms with Gasteiger partial charge in [-0.05, 0) is 17.9 Å². The minimum atomic E-state index is -0.485. The van der Waals surface area contributed by atoms with Crippen LogP contribution in [0.1, 0.15) is 23.7 Å². The number of benzene rings is 1. The summed E-state index contributed by atoms with van der Waals surface area (Å²) < 4.78 is 10.1. The van der Waals surface area contributed by atoms with Gasteiger partial charge in [0.1, 0.15) is 0 Å². The molecule has 3 rings (SSSR count). The van der Waals surface area contributed by atoms with Crippen LogP contribution in [0, 0.1) is 5.92 Å². The van der Waals surface area contributed by atoms with Gasteiger partial charge in [-0.3, -0.25) is 9.51 Å². The summed E-state index contributed by atoms with van der Waals surface area (Å²) in [5.74, 6) is 0.885. The van der Waals surface area contributed by atoms with E-state index < -0.39 is 5.76 Å². The largest absolute Gasteiger partial charge is 0.438 e. The summed E-state index contributed by atoms with van der Waals surface area (Å²) in [5.41, 5.74) is 1.17. The Bertz CT molecular complexity index is 561. The van der Waals surface area contributed by atoms with E-state index in [4.69, 9.17) is 4.74 Å². The highest BCUT2D eigenvalue weighted by Crippen LogP contribution is 2.45. The van der Waals surface area contributed by atoms with Crippen molar-refractivity contribution >= 4 is 0 Å². The molecule has 1 aromatic carbocycles. The summed E-state index contributed by atoms with van der Waals surface area (Å²) in [6.07, 6.45) is 0.997. The Balaban J connectivity index is 1.45. The zero-order valence-electron chi connectivity index (χ0n) is 9.83. The highest BCUT2D eigenvalue weighted by atomic mass is 16.5. The lowest BCUT2D eigenvalue weighted by atomic mass is 10.2. The van der Waals surface area contributed by atoms with Gasteiger partial charge in [0.2, 0.25) is 0 Å². The van der Waals surface area contributed by atoms with Crippen LogP contribution in [0.25, 0.3) is 0 Å². The quantitative estimate of drug-likeness (QED) is 0.871. The molecule has 94 valence electrons. The van der Waals surface area contributed by atoms with Gasteiger partial charge in [-0.2, -0.15) is 0 Å². The van der Waals surface area contributed by atoms with Crippen LogP contribution in [0.15, 0.2) is 39.6 Å². The first-order valence-corrected chi connectivity index (χ1v) is 6.00. The minimum Gasteiger partial charge on any atom is -0.376 e. The molecule has 1 aliphatic carbocycles. The van der Waals surface area contributed by atoms with E-state index in [1.807, 2.05) is 30.3 Å². The predicted molar refractivity (Wildman–Crippen MR) is 64.1 cm³/mol. The highest BCUT2D eigenvalue weighted by Gasteiger charge is 2.41. The monoisotopic (exact) mass is 246 g/mol. The fraction of sp³-hybridized carbons (Fsp3) is 0.385. The van der Waals surface area contributed by atoms with Crippen molar-refractivity contribution in [1.82, 2.24) is 10.1 Å². The van der Waals surface area contributed by atoms with Gasteiger partial charge in [0.25, 0.3) is 0 Å². The lowest BCUT2D eigenvalue weighted by Gasteiger charge is -2.03. The number of hydrogen-bond acceptors (Lipinski definition) is 4. The Hall–Kier alpha value is -1.88. The second-order valence-electron chi connectivity index (χ2n) is 4.58. The molecule has 1 saturated carbocycles. The Morgan fingerprint density at radius 1 is 1.39 bits per heavy atom. The average Bonchev–Trinajstić information content (AvgIpc) is 3.03. The number of nitrogens with zero attached hydrogens (tertiary/aromatic N) is 1. The van der Waals surface area contributed by atoms with Gasteiger partial charge in [0.15, 0.2) is 5.82 Å². The third kappa shape index (κ3) is 2.51. The van der Waals surface area contributed by atoms with E-state index in [1.165, 1.54) is 5.56 Å². The predicted octanol–water partition coefficient (Wildman–Crippen LogP) is 1.68. The third-order valence-corrected chi connectivity index (χ3v) is 3.17. The van der Waals surface area contributed by atoms with Crippen molar-refractivity contribution in [1.29, 1.82) is 0 Å². The zero-order valence-corrected chi connectivity index (χ0v) is 9.83. The Kier molecular flexibility index (Phi) is 2.98. The van der Waals surface area contributed by atoms with E-state index in [1.54, 1.807) is 0 Å². The van der Waals surface area contributed by atoms with Crippen LogP contribution in [0.5, 0.6) is 0 Å². The van der Waals surface area contributed by atoms with Crippen molar-refractivity contribution in [3.05, 3.63) is 52.3 Å². The smallest absolute Gasteiger partial charge is 0.376 e. The third-order valence-electron chi connectivity index (χ3n) is 3.17. The van der Waals surface area contributed by atoms with Crippen LogP contribution in [-0.2, 0) is 11.3 Å². The SMILES string of the molecule is O=c1[nH]c(C2CC2COCc2ccccc2)no1. The van der Waals surface area contributed by atoms with E-state index in [9.17, 15) is 4.79 Å². The molecule has 1 aliphatic rings. The molecule has 2 atom stereocenters. The maximum atomic E-state index is 10.8. The molecule has 0 spiro atoms. The summed E-state index contributed by atoms with van der Waals surface area (Å²) >= 11 is 0. The van der Waals surface area contributed by atoms with Crippen LogP contribution in [0.2, 0.25) is 0 Å². The van der Waals surface area contributed by atoms with Crippen molar-refractivity contribution in [2.75, 3.05) is 6.61 Å². The molecule has 0 amide bonds. The molecule has 1 heterocycles. The number of aromatic nitrogens is 2. The Morgan fingerprint density at radius 3 is 2.94 bits per heavy atom. The lowest BCUT2D eigenvalue weighted by Crippen LogP contribution is -2.00. The van der Waals surface area contributed by atoms with E-state index in [0.29, 0.717) is 25.0 Å². The molecular weight excluding hydrogens is 232 g/mol. The summed E-state index contributed by atoms with van der Waals surface area (Å²) in [5, 5.41) is 3.70. The van der Waals surface area contributed by atoms with Gasteiger partial charge in [-0.15, -0.1) is 0 Å². The molecule has 18 heavy (non-hydrogen) atoms. The molecule has 1 N–H and O–H groups in total. The molecule has 2 aromatic rings. The molecule has 1 fully saturated rings. The summed E-state index contributed by atoms with van der Waals surface area (Å²) in [4.78, 5) is 13.4. The maximum Gasteiger partial charge on any atom is 0.438 e. The van der Waals surface area contributed by atoms with Crippen LogP contribution in [0.3, 0.4) is 0 Å². The maximum absolute atomic E-state index is 10.8. The van der Waals surface area contributed by atoms with Gasteiger partial charge in [-0.1, -0.05) is 35.5 Å². The van der Waals surface area contributed by atoms with Gasteiger partial charge in [0, 0.05) is 5.92 Å².